The summed E-state index contributed by atoms with van der Waals surface area (Å²) < 4.78 is 28.5. The molecule has 0 aliphatic carbocycles. The Labute approximate surface area is 171 Å². The fourth-order valence-corrected chi connectivity index (χ4v) is 4.15. The largest absolute Gasteiger partial charge is 0.363 e. The van der Waals surface area contributed by atoms with Gasteiger partial charge >= 0.3 is 0 Å². The molecule has 1 aliphatic rings. The normalized spacial score (nSPS) is 18.8. The first-order chi connectivity index (χ1) is 14.2. The lowest BCUT2D eigenvalue weighted by molar-refractivity contribution is -0.0292. The van der Waals surface area contributed by atoms with Gasteiger partial charge in [-0.3, -0.25) is 9.20 Å². The molecule has 1 fully saturated rings. The van der Waals surface area contributed by atoms with Crippen LogP contribution in [0.4, 0.5) is 4.39 Å². The van der Waals surface area contributed by atoms with E-state index in [1.54, 1.807) is 15.0 Å². The highest BCUT2D eigenvalue weighted by Crippen LogP contribution is 2.38. The number of rotatable bonds is 3. The monoisotopic (exact) mass is 411 g/mol. The molecule has 1 saturated heterocycles. The molecule has 30 heavy (non-hydrogen) atoms. The van der Waals surface area contributed by atoms with Crippen LogP contribution >= 0.6 is 0 Å². The van der Waals surface area contributed by atoms with Crippen LogP contribution in [0.1, 0.15) is 58.6 Å². The first-order valence-electron chi connectivity index (χ1n) is 9.98. The van der Waals surface area contributed by atoms with Crippen LogP contribution in [0, 0.1) is 5.82 Å². The molecule has 3 aromatic heterocycles. The number of aromatic nitrogens is 5. The molecule has 1 aromatic carbocycles. The molecule has 156 valence electrons. The molecule has 0 amide bonds. The minimum atomic E-state index is -0.404. The fraction of sp³-hybridized carbons (Fsp3) is 0.429. The number of benzene rings is 1. The van der Waals surface area contributed by atoms with Gasteiger partial charge in [-0.2, -0.15) is 4.98 Å². The van der Waals surface area contributed by atoms with Gasteiger partial charge in [-0.15, -0.1) is 0 Å². The first kappa shape index (κ1) is 18.9. The van der Waals surface area contributed by atoms with Crippen LogP contribution in [-0.4, -0.2) is 29.7 Å². The second-order valence-corrected chi connectivity index (χ2v) is 8.57. The van der Waals surface area contributed by atoms with E-state index in [-0.39, 0.29) is 29.1 Å². The molecule has 0 radical (unpaired) electrons. The predicted molar refractivity (Wildman–Crippen MR) is 108 cm³/mol. The molecule has 1 atom stereocenters. The fourth-order valence-electron chi connectivity index (χ4n) is 4.15. The van der Waals surface area contributed by atoms with Gasteiger partial charge in [0.2, 0.25) is 5.82 Å². The number of ether oxygens (including phenoxy) is 1. The van der Waals surface area contributed by atoms with E-state index in [9.17, 15) is 9.18 Å². The Hall–Kier alpha value is -3.07. The average molecular weight is 411 g/mol. The summed E-state index contributed by atoms with van der Waals surface area (Å²) in [6, 6.07) is 4.19. The van der Waals surface area contributed by atoms with Gasteiger partial charge in [0, 0.05) is 6.04 Å². The summed E-state index contributed by atoms with van der Waals surface area (Å²) in [7, 11) is 0. The number of hydrogen-bond acceptors (Lipinski definition) is 6. The molecule has 0 N–H and O–H groups in total. The molecule has 9 heteroatoms. The van der Waals surface area contributed by atoms with Crippen molar-refractivity contribution in [3.05, 3.63) is 46.6 Å². The van der Waals surface area contributed by atoms with E-state index in [0.29, 0.717) is 28.1 Å². The van der Waals surface area contributed by atoms with Gasteiger partial charge in [0.1, 0.15) is 29.5 Å². The Morgan fingerprint density at radius 1 is 1.27 bits per heavy atom. The first-order valence-corrected chi connectivity index (χ1v) is 9.98. The molecule has 8 nitrogen and oxygen atoms in total. The molecular formula is C21H22FN5O3. The predicted octanol–water partition coefficient (Wildman–Crippen LogP) is 4.05. The summed E-state index contributed by atoms with van der Waals surface area (Å²) in [5.41, 5.74) is 1.29. The number of hydrogen-bond donors (Lipinski definition) is 0. The van der Waals surface area contributed by atoms with Gasteiger partial charge in [0.25, 0.3) is 11.4 Å². The third-order valence-corrected chi connectivity index (χ3v) is 5.56. The van der Waals surface area contributed by atoms with E-state index < -0.39 is 5.82 Å². The maximum atomic E-state index is 13.9. The Bertz CT molecular complexity index is 1330. The molecule has 0 spiro atoms. The zero-order valence-electron chi connectivity index (χ0n) is 17.2. The summed E-state index contributed by atoms with van der Waals surface area (Å²) in [4.78, 5) is 22.2. The minimum Gasteiger partial charge on any atom is -0.363 e. The Kier molecular flexibility index (Phi) is 4.08. The van der Waals surface area contributed by atoms with Crippen molar-refractivity contribution in [1.29, 1.82) is 0 Å². The molecular weight excluding hydrogens is 389 g/mol. The molecule has 0 bridgehead atoms. The van der Waals surface area contributed by atoms with Gasteiger partial charge in [-0.05, 0) is 58.7 Å². The van der Waals surface area contributed by atoms with Crippen LogP contribution in [-0.2, 0) is 4.74 Å². The quantitative estimate of drug-likeness (QED) is 0.505. The third kappa shape index (κ3) is 2.84. The highest BCUT2D eigenvalue weighted by Gasteiger charge is 2.36. The standard InChI is InChI=1S/C21H22FN5O3/c1-11(2)27-14-9-12(22)5-6-13(14)26-10-23-16(17(26)20(27)28)18-24-19(30-25-18)15-7-8-21(3,4)29-15/h5-6,9-11,15H,7-8H2,1-4H3. The second kappa shape index (κ2) is 6.46. The van der Waals surface area contributed by atoms with Crippen LogP contribution < -0.4 is 5.56 Å². The smallest absolute Gasteiger partial charge is 0.278 e. The highest BCUT2D eigenvalue weighted by molar-refractivity contribution is 5.83. The summed E-state index contributed by atoms with van der Waals surface area (Å²) in [5.74, 6) is 0.205. The number of halogens is 1. The Morgan fingerprint density at radius 2 is 2.07 bits per heavy atom. The van der Waals surface area contributed by atoms with Crippen molar-refractivity contribution in [3.8, 4) is 11.5 Å². The van der Waals surface area contributed by atoms with Crippen molar-refractivity contribution >= 4 is 16.6 Å². The van der Waals surface area contributed by atoms with Crippen LogP contribution in [0.15, 0.2) is 33.8 Å². The summed E-state index contributed by atoms with van der Waals surface area (Å²) in [5, 5.41) is 4.06. The molecule has 0 saturated carbocycles. The van der Waals surface area contributed by atoms with Crippen molar-refractivity contribution in [1.82, 2.24) is 24.1 Å². The molecule has 4 heterocycles. The van der Waals surface area contributed by atoms with E-state index in [1.807, 2.05) is 27.7 Å². The lowest BCUT2D eigenvalue weighted by Crippen LogP contribution is -2.24. The van der Waals surface area contributed by atoms with Crippen LogP contribution in [0.25, 0.3) is 28.1 Å². The molecule has 1 aliphatic heterocycles. The van der Waals surface area contributed by atoms with Crippen molar-refractivity contribution in [3.63, 3.8) is 0 Å². The zero-order valence-corrected chi connectivity index (χ0v) is 17.2. The highest BCUT2D eigenvalue weighted by atomic mass is 19.1. The lowest BCUT2D eigenvalue weighted by Gasteiger charge is -2.17. The number of imidazole rings is 1. The number of fused-ring (bicyclic) bond motifs is 3. The summed E-state index contributed by atoms with van der Waals surface area (Å²) >= 11 is 0. The van der Waals surface area contributed by atoms with E-state index in [0.717, 1.165) is 12.8 Å². The van der Waals surface area contributed by atoms with Crippen molar-refractivity contribution in [2.75, 3.05) is 0 Å². The lowest BCUT2D eigenvalue weighted by atomic mass is 10.1. The molecule has 1 unspecified atom stereocenters. The van der Waals surface area contributed by atoms with Gasteiger partial charge in [0.05, 0.1) is 16.6 Å². The maximum Gasteiger partial charge on any atom is 0.278 e. The molecule has 4 aromatic rings. The molecule has 5 rings (SSSR count). The van der Waals surface area contributed by atoms with E-state index >= 15 is 0 Å². The van der Waals surface area contributed by atoms with Crippen LogP contribution in [0.5, 0.6) is 0 Å². The third-order valence-electron chi connectivity index (χ3n) is 5.56. The number of nitrogens with zero attached hydrogens (tertiary/aromatic N) is 5. The van der Waals surface area contributed by atoms with Crippen LogP contribution in [0.3, 0.4) is 0 Å². The van der Waals surface area contributed by atoms with Crippen LogP contribution in [0.2, 0.25) is 0 Å². The van der Waals surface area contributed by atoms with Crippen molar-refractivity contribution in [2.45, 2.75) is 58.3 Å². The SMILES string of the molecule is CC(C)n1c(=O)c2c(-c3noc(C4CCC(C)(C)O4)n3)ncn2c2ccc(F)cc21. The van der Waals surface area contributed by atoms with Gasteiger partial charge in [0.15, 0.2) is 0 Å². The summed E-state index contributed by atoms with van der Waals surface area (Å²) in [6.45, 7) is 7.80. The summed E-state index contributed by atoms with van der Waals surface area (Å²) in [6.07, 6.45) is 2.94. The average Bonchev–Trinajstić information content (AvgIpc) is 3.38. The van der Waals surface area contributed by atoms with Gasteiger partial charge in [-0.1, -0.05) is 5.16 Å². The maximum absolute atomic E-state index is 13.9. The van der Waals surface area contributed by atoms with E-state index in [4.69, 9.17) is 9.26 Å². The second-order valence-electron chi connectivity index (χ2n) is 8.57. The Balaban J connectivity index is 1.70. The Morgan fingerprint density at radius 3 is 2.77 bits per heavy atom. The van der Waals surface area contributed by atoms with Gasteiger partial charge < -0.3 is 13.8 Å². The van der Waals surface area contributed by atoms with Crippen molar-refractivity contribution < 1.29 is 13.7 Å². The van der Waals surface area contributed by atoms with E-state index in [1.165, 1.54) is 18.5 Å². The van der Waals surface area contributed by atoms with E-state index in [2.05, 4.69) is 15.1 Å². The van der Waals surface area contributed by atoms with Gasteiger partial charge in [-0.25, -0.2) is 9.37 Å². The zero-order chi connectivity index (χ0) is 21.2. The topological polar surface area (TPSA) is 87.5 Å². The minimum absolute atomic E-state index is 0.176. The van der Waals surface area contributed by atoms with Crippen molar-refractivity contribution in [2.24, 2.45) is 0 Å².